The van der Waals surface area contributed by atoms with Gasteiger partial charge in [-0.15, -0.1) is 5.10 Å². The van der Waals surface area contributed by atoms with Crippen molar-refractivity contribution in [2.75, 3.05) is 5.43 Å². The van der Waals surface area contributed by atoms with E-state index in [0.29, 0.717) is 4.91 Å². The minimum absolute atomic E-state index is 0.0594. The fourth-order valence-electron chi connectivity index (χ4n) is 1.44. The number of aromatic nitrogens is 3. The number of nitro groups is 1. The van der Waals surface area contributed by atoms with Gasteiger partial charge in [0.1, 0.15) is 10.8 Å². The molecule has 1 aromatic carbocycles. The summed E-state index contributed by atoms with van der Waals surface area (Å²) in [6, 6.07) is 6.02. The number of para-hydroxylation sites is 1. The second kappa shape index (κ2) is 5.77. The Kier molecular flexibility index (Phi) is 3.88. The smallest absolute Gasteiger partial charge is 0.412 e. The molecule has 10 heteroatoms. The van der Waals surface area contributed by atoms with E-state index < -0.39 is 22.6 Å². The predicted octanol–water partition coefficient (Wildman–Crippen LogP) is 0.495. The number of amides is 1. The van der Waals surface area contributed by atoms with E-state index in [1.54, 1.807) is 12.1 Å². The zero-order chi connectivity index (χ0) is 15.4. The minimum Gasteiger partial charge on any atom is -0.426 e. The quantitative estimate of drug-likeness (QED) is 0.375. The maximum atomic E-state index is 12.0. The third-order valence-corrected chi connectivity index (χ3v) is 2.25. The van der Waals surface area contributed by atoms with Crippen LogP contribution in [0.5, 0.6) is 5.75 Å². The molecule has 1 N–H and O–H groups in total. The fourth-order valence-corrected chi connectivity index (χ4v) is 1.44. The van der Waals surface area contributed by atoms with Gasteiger partial charge in [-0.05, 0) is 17.1 Å². The summed E-state index contributed by atoms with van der Waals surface area (Å²) >= 11 is 0. The molecule has 21 heavy (non-hydrogen) atoms. The molecular weight excluding hydrogens is 282 g/mol. The maximum absolute atomic E-state index is 12.0. The van der Waals surface area contributed by atoms with E-state index in [9.17, 15) is 19.7 Å². The van der Waals surface area contributed by atoms with Gasteiger partial charge in [-0.1, -0.05) is 12.1 Å². The van der Waals surface area contributed by atoms with Crippen molar-refractivity contribution in [3.8, 4) is 5.75 Å². The lowest BCUT2D eigenvalue weighted by molar-refractivity contribution is -0.389. The first-order chi connectivity index (χ1) is 9.97. The number of carbonyl (C=O) groups is 2. The Morgan fingerprint density at radius 1 is 1.38 bits per heavy atom. The van der Waals surface area contributed by atoms with Crippen LogP contribution < -0.4 is 10.2 Å². The molecule has 0 atom stereocenters. The Labute approximate surface area is 117 Å². The van der Waals surface area contributed by atoms with Crippen LogP contribution in [0.3, 0.4) is 0 Å². The number of ether oxygens (including phenoxy) is 1. The lowest BCUT2D eigenvalue weighted by Gasteiger charge is -2.07. The zero-order valence-corrected chi connectivity index (χ0v) is 10.7. The third-order valence-electron chi connectivity index (χ3n) is 2.25. The van der Waals surface area contributed by atoms with Crippen molar-refractivity contribution in [3.05, 3.63) is 46.1 Å². The number of carbonyl (C=O) groups excluding carboxylic acids is 2. The van der Waals surface area contributed by atoms with Crippen molar-refractivity contribution < 1.29 is 19.2 Å². The topological polar surface area (TPSA) is 129 Å². The van der Waals surface area contributed by atoms with Gasteiger partial charge in [0.25, 0.3) is 5.91 Å². The second-order valence-electron chi connectivity index (χ2n) is 3.78. The van der Waals surface area contributed by atoms with Crippen molar-refractivity contribution in [2.24, 2.45) is 0 Å². The van der Waals surface area contributed by atoms with Gasteiger partial charge >= 0.3 is 11.8 Å². The number of esters is 1. The molecular formula is C11H9N5O5. The highest BCUT2D eigenvalue weighted by Crippen LogP contribution is 2.18. The lowest BCUT2D eigenvalue weighted by Crippen LogP contribution is -2.25. The van der Waals surface area contributed by atoms with Crippen molar-refractivity contribution in [1.82, 2.24) is 15.1 Å². The van der Waals surface area contributed by atoms with Crippen molar-refractivity contribution in [1.29, 1.82) is 0 Å². The van der Waals surface area contributed by atoms with Gasteiger partial charge < -0.3 is 14.9 Å². The molecule has 10 nitrogen and oxygen atoms in total. The molecule has 2 aromatic rings. The Bertz CT molecular complexity index is 711. The van der Waals surface area contributed by atoms with Gasteiger partial charge in [-0.3, -0.25) is 9.59 Å². The van der Waals surface area contributed by atoms with E-state index in [-0.39, 0.29) is 11.3 Å². The van der Waals surface area contributed by atoms with Crippen molar-refractivity contribution in [3.63, 3.8) is 0 Å². The van der Waals surface area contributed by atoms with Gasteiger partial charge in [0.15, 0.2) is 6.20 Å². The van der Waals surface area contributed by atoms with E-state index >= 15 is 0 Å². The van der Waals surface area contributed by atoms with Crippen LogP contribution in [0.25, 0.3) is 0 Å². The van der Waals surface area contributed by atoms with Crippen LogP contribution in [0, 0.1) is 10.1 Å². The number of hydrogen-bond donors (Lipinski definition) is 1. The summed E-state index contributed by atoms with van der Waals surface area (Å²) in [6.45, 7) is 1.20. The lowest BCUT2D eigenvalue weighted by atomic mass is 10.2. The Morgan fingerprint density at radius 3 is 2.71 bits per heavy atom. The fraction of sp³-hybridized carbons (Fsp3) is 0.0909. The molecule has 1 aromatic heterocycles. The number of nitrogens with zero attached hydrogens (tertiary/aromatic N) is 4. The van der Waals surface area contributed by atoms with Crippen LogP contribution in [0.15, 0.2) is 30.5 Å². The summed E-state index contributed by atoms with van der Waals surface area (Å²) in [4.78, 5) is 33.4. The normalized spacial score (nSPS) is 9.95. The van der Waals surface area contributed by atoms with E-state index in [1.807, 2.05) is 0 Å². The van der Waals surface area contributed by atoms with Crippen LogP contribution in [0.4, 0.5) is 5.82 Å². The van der Waals surface area contributed by atoms with Crippen LogP contribution in [0.2, 0.25) is 0 Å². The average Bonchev–Trinajstić information content (AvgIpc) is 2.87. The molecule has 0 aliphatic rings. The molecule has 0 fully saturated rings. The SMILES string of the molecule is CC(=O)Oc1ccccc1C(=O)Nn1ncc([N+](=O)[O-])n1. The van der Waals surface area contributed by atoms with E-state index in [4.69, 9.17) is 4.74 Å². The van der Waals surface area contributed by atoms with Crippen molar-refractivity contribution >= 4 is 17.7 Å². The first-order valence-corrected chi connectivity index (χ1v) is 5.63. The molecule has 0 aliphatic carbocycles. The zero-order valence-electron chi connectivity index (χ0n) is 10.7. The van der Waals surface area contributed by atoms with E-state index in [1.165, 1.54) is 19.1 Å². The van der Waals surface area contributed by atoms with Crippen LogP contribution in [-0.2, 0) is 4.79 Å². The molecule has 0 radical (unpaired) electrons. The Morgan fingerprint density at radius 2 is 2.10 bits per heavy atom. The summed E-state index contributed by atoms with van der Waals surface area (Å²) in [7, 11) is 0. The summed E-state index contributed by atoms with van der Waals surface area (Å²) < 4.78 is 4.89. The molecule has 0 bridgehead atoms. The molecule has 0 aliphatic heterocycles. The number of rotatable bonds is 4. The molecule has 1 heterocycles. The highest BCUT2D eigenvalue weighted by Gasteiger charge is 2.18. The Hall–Kier alpha value is -3.30. The van der Waals surface area contributed by atoms with Crippen LogP contribution in [0.1, 0.15) is 17.3 Å². The van der Waals surface area contributed by atoms with E-state index in [0.717, 1.165) is 6.20 Å². The van der Waals surface area contributed by atoms with Gasteiger partial charge in [0.2, 0.25) is 0 Å². The van der Waals surface area contributed by atoms with Crippen molar-refractivity contribution in [2.45, 2.75) is 6.92 Å². The van der Waals surface area contributed by atoms with Crippen LogP contribution in [-0.4, -0.2) is 31.9 Å². The highest BCUT2D eigenvalue weighted by molar-refractivity contribution is 6.02. The standard InChI is InChI=1S/C11H9N5O5/c1-7(17)21-9-5-3-2-4-8(9)11(18)14-16-12-6-10(13-16)15(19)20/h2-6H,1H3,(H,14,18). The number of benzene rings is 1. The van der Waals surface area contributed by atoms with Gasteiger partial charge in [-0.2, -0.15) is 0 Å². The first-order valence-electron chi connectivity index (χ1n) is 5.63. The molecule has 0 saturated heterocycles. The molecule has 0 spiro atoms. The summed E-state index contributed by atoms with van der Waals surface area (Å²) in [5.74, 6) is -1.71. The largest absolute Gasteiger partial charge is 0.426 e. The number of hydrogen-bond acceptors (Lipinski definition) is 7. The molecule has 108 valence electrons. The van der Waals surface area contributed by atoms with E-state index in [2.05, 4.69) is 15.6 Å². The predicted molar refractivity (Wildman–Crippen MR) is 68.1 cm³/mol. The average molecular weight is 291 g/mol. The van der Waals surface area contributed by atoms with Gasteiger partial charge in [0, 0.05) is 11.8 Å². The molecule has 0 unspecified atom stereocenters. The van der Waals surface area contributed by atoms with Gasteiger partial charge in [-0.25, -0.2) is 5.43 Å². The van der Waals surface area contributed by atoms with Crippen LogP contribution >= 0.6 is 0 Å². The molecule has 2 rings (SSSR count). The minimum atomic E-state index is -0.748. The molecule has 0 saturated carbocycles. The first kappa shape index (κ1) is 14.1. The third kappa shape index (κ3) is 3.37. The highest BCUT2D eigenvalue weighted by atomic mass is 16.6. The van der Waals surface area contributed by atoms with Gasteiger partial charge in [0.05, 0.1) is 5.56 Å². The Balaban J connectivity index is 2.19. The molecule has 1 amide bonds. The summed E-state index contributed by atoms with van der Waals surface area (Å²) in [5.41, 5.74) is 2.27. The summed E-state index contributed by atoms with van der Waals surface area (Å²) in [6.07, 6.45) is 0.887. The maximum Gasteiger partial charge on any atom is 0.412 e. The summed E-state index contributed by atoms with van der Waals surface area (Å²) in [5, 5.41) is 17.4. The second-order valence-corrected chi connectivity index (χ2v) is 3.78. The number of nitrogens with one attached hydrogen (secondary N) is 1. The monoisotopic (exact) mass is 291 g/mol.